The highest BCUT2D eigenvalue weighted by Gasteiger charge is 2.19. The summed E-state index contributed by atoms with van der Waals surface area (Å²) in [7, 11) is 0. The highest BCUT2D eigenvalue weighted by Crippen LogP contribution is 2.30. The summed E-state index contributed by atoms with van der Waals surface area (Å²) in [6.45, 7) is 5.99. The molecule has 1 atom stereocenters. The molecule has 1 aliphatic rings. The number of allylic oxidation sites excluding steroid dienone is 1. The Labute approximate surface area is 114 Å². The van der Waals surface area contributed by atoms with Gasteiger partial charge in [-0.3, -0.25) is 4.99 Å². The van der Waals surface area contributed by atoms with Crippen molar-refractivity contribution in [2.45, 2.75) is 19.4 Å². The van der Waals surface area contributed by atoms with E-state index in [4.69, 9.17) is 0 Å². The summed E-state index contributed by atoms with van der Waals surface area (Å²) in [5, 5.41) is 0. The monoisotopic (exact) mass is 247 g/mol. The quantitative estimate of drug-likeness (QED) is 0.765. The van der Waals surface area contributed by atoms with Gasteiger partial charge in [0.1, 0.15) is 0 Å². The molecule has 1 heterocycles. The minimum Gasteiger partial charge on any atom is -0.277 e. The molecule has 1 aliphatic heterocycles. The summed E-state index contributed by atoms with van der Waals surface area (Å²) < 4.78 is 0. The average Bonchev–Trinajstić information content (AvgIpc) is 2.76. The van der Waals surface area contributed by atoms with Gasteiger partial charge in [-0.15, -0.1) is 0 Å². The Balaban J connectivity index is 1.94. The van der Waals surface area contributed by atoms with Crippen LogP contribution in [0.3, 0.4) is 0 Å². The van der Waals surface area contributed by atoms with Crippen molar-refractivity contribution in [2.24, 2.45) is 4.99 Å². The molecule has 1 nitrogen and oxygen atoms in total. The third-order valence-electron chi connectivity index (χ3n) is 3.62. The van der Waals surface area contributed by atoms with Crippen molar-refractivity contribution in [1.82, 2.24) is 0 Å². The van der Waals surface area contributed by atoms with Gasteiger partial charge in [-0.1, -0.05) is 49.0 Å². The van der Waals surface area contributed by atoms with Gasteiger partial charge in [0.05, 0.1) is 11.8 Å². The molecule has 0 saturated heterocycles. The van der Waals surface area contributed by atoms with Crippen LogP contribution in [0, 0.1) is 0 Å². The molecular formula is C18H17N. The summed E-state index contributed by atoms with van der Waals surface area (Å²) in [6.07, 6.45) is 2.82. The van der Waals surface area contributed by atoms with Crippen LogP contribution in [0.15, 0.2) is 66.2 Å². The first-order valence-corrected chi connectivity index (χ1v) is 6.65. The molecule has 0 spiro atoms. The number of aliphatic imine (C=N–C) groups is 1. The molecule has 1 heteroatoms. The molecule has 0 aliphatic carbocycles. The van der Waals surface area contributed by atoms with E-state index in [0.717, 1.165) is 12.1 Å². The van der Waals surface area contributed by atoms with Gasteiger partial charge in [0.2, 0.25) is 0 Å². The molecular weight excluding hydrogens is 230 g/mol. The Morgan fingerprint density at radius 2 is 1.89 bits per heavy atom. The lowest BCUT2D eigenvalue weighted by Crippen LogP contribution is -1.97. The lowest BCUT2D eigenvalue weighted by Gasteiger charge is -2.07. The molecule has 3 rings (SSSR count). The molecule has 0 aromatic heterocycles. The van der Waals surface area contributed by atoms with Crippen LogP contribution in [-0.4, -0.2) is 5.71 Å². The SMILES string of the molecule is C=CC1=NC(C)c2ccc(Cc3ccccc3)cc21. The average molecular weight is 247 g/mol. The van der Waals surface area contributed by atoms with Crippen molar-refractivity contribution in [3.63, 3.8) is 0 Å². The topological polar surface area (TPSA) is 12.4 Å². The Hall–Kier alpha value is -2.15. The van der Waals surface area contributed by atoms with Crippen LogP contribution < -0.4 is 0 Å². The molecule has 0 N–H and O–H groups in total. The van der Waals surface area contributed by atoms with Crippen LogP contribution in [0.5, 0.6) is 0 Å². The predicted molar refractivity (Wildman–Crippen MR) is 80.8 cm³/mol. The Morgan fingerprint density at radius 3 is 2.63 bits per heavy atom. The lowest BCUT2D eigenvalue weighted by molar-refractivity contribution is 0.842. The standard InChI is InChI=1S/C18H17N/c1-3-18-17-12-15(9-10-16(17)13(2)19-18)11-14-7-5-4-6-8-14/h3-10,12-13H,1,11H2,2H3. The van der Waals surface area contributed by atoms with Crippen molar-refractivity contribution in [2.75, 3.05) is 0 Å². The van der Waals surface area contributed by atoms with Crippen molar-refractivity contribution in [3.8, 4) is 0 Å². The largest absolute Gasteiger partial charge is 0.277 e. The summed E-state index contributed by atoms with van der Waals surface area (Å²) >= 11 is 0. The van der Waals surface area contributed by atoms with Gasteiger partial charge in [-0.05, 0) is 42.2 Å². The van der Waals surface area contributed by atoms with E-state index in [1.165, 1.54) is 22.3 Å². The van der Waals surface area contributed by atoms with Gasteiger partial charge >= 0.3 is 0 Å². The molecule has 0 fully saturated rings. The Morgan fingerprint density at radius 1 is 1.11 bits per heavy atom. The maximum absolute atomic E-state index is 4.62. The second-order valence-corrected chi connectivity index (χ2v) is 4.98. The molecule has 19 heavy (non-hydrogen) atoms. The first-order valence-electron chi connectivity index (χ1n) is 6.65. The number of rotatable bonds is 3. The zero-order valence-electron chi connectivity index (χ0n) is 11.1. The number of fused-ring (bicyclic) bond motifs is 1. The summed E-state index contributed by atoms with van der Waals surface area (Å²) in [5.41, 5.74) is 6.25. The minimum atomic E-state index is 0.258. The number of hydrogen-bond acceptors (Lipinski definition) is 1. The zero-order chi connectivity index (χ0) is 13.2. The zero-order valence-corrected chi connectivity index (χ0v) is 11.1. The molecule has 0 amide bonds. The summed E-state index contributed by atoms with van der Waals surface area (Å²) in [5.74, 6) is 0. The molecule has 0 saturated carbocycles. The van der Waals surface area contributed by atoms with Gasteiger partial charge in [-0.2, -0.15) is 0 Å². The normalized spacial score (nSPS) is 16.9. The summed E-state index contributed by atoms with van der Waals surface area (Å²) in [4.78, 5) is 4.62. The minimum absolute atomic E-state index is 0.258. The van der Waals surface area contributed by atoms with Gasteiger partial charge < -0.3 is 0 Å². The van der Waals surface area contributed by atoms with E-state index in [-0.39, 0.29) is 6.04 Å². The van der Waals surface area contributed by atoms with Crippen LogP contribution >= 0.6 is 0 Å². The van der Waals surface area contributed by atoms with Gasteiger partial charge in [0.15, 0.2) is 0 Å². The van der Waals surface area contributed by atoms with E-state index in [1.807, 2.05) is 6.08 Å². The van der Waals surface area contributed by atoms with Gasteiger partial charge in [0.25, 0.3) is 0 Å². The van der Waals surface area contributed by atoms with Gasteiger partial charge in [0, 0.05) is 5.56 Å². The van der Waals surface area contributed by atoms with Crippen LogP contribution in [0.2, 0.25) is 0 Å². The highest BCUT2D eigenvalue weighted by molar-refractivity contribution is 6.11. The molecule has 2 aromatic rings. The maximum Gasteiger partial charge on any atom is 0.0734 e. The summed E-state index contributed by atoms with van der Waals surface area (Å²) in [6, 6.07) is 17.5. The predicted octanol–water partition coefficient (Wildman–Crippen LogP) is 4.33. The molecule has 1 unspecified atom stereocenters. The van der Waals surface area contributed by atoms with E-state index < -0.39 is 0 Å². The van der Waals surface area contributed by atoms with Gasteiger partial charge in [-0.25, -0.2) is 0 Å². The smallest absolute Gasteiger partial charge is 0.0734 e. The van der Waals surface area contributed by atoms with E-state index in [9.17, 15) is 0 Å². The Bertz CT molecular complexity index is 638. The first kappa shape index (κ1) is 11.9. The molecule has 0 radical (unpaired) electrons. The Kier molecular flexibility index (Phi) is 3.04. The van der Waals surface area contributed by atoms with Crippen LogP contribution in [0.1, 0.15) is 35.2 Å². The van der Waals surface area contributed by atoms with Crippen molar-refractivity contribution >= 4 is 5.71 Å². The molecule has 0 bridgehead atoms. The fourth-order valence-electron chi connectivity index (χ4n) is 2.64. The fourth-order valence-corrected chi connectivity index (χ4v) is 2.64. The van der Waals surface area contributed by atoms with Crippen molar-refractivity contribution in [3.05, 3.63) is 83.4 Å². The number of benzene rings is 2. The van der Waals surface area contributed by atoms with E-state index in [2.05, 4.69) is 67.0 Å². The highest BCUT2D eigenvalue weighted by atomic mass is 14.8. The van der Waals surface area contributed by atoms with E-state index in [1.54, 1.807) is 0 Å². The van der Waals surface area contributed by atoms with Crippen LogP contribution in [0.25, 0.3) is 0 Å². The van der Waals surface area contributed by atoms with E-state index in [0.29, 0.717) is 0 Å². The maximum atomic E-state index is 4.62. The second-order valence-electron chi connectivity index (χ2n) is 4.98. The van der Waals surface area contributed by atoms with Crippen molar-refractivity contribution < 1.29 is 0 Å². The third kappa shape index (κ3) is 2.24. The van der Waals surface area contributed by atoms with Crippen LogP contribution in [0.4, 0.5) is 0 Å². The van der Waals surface area contributed by atoms with Crippen molar-refractivity contribution in [1.29, 1.82) is 0 Å². The van der Waals surface area contributed by atoms with Crippen LogP contribution in [-0.2, 0) is 6.42 Å². The fraction of sp³-hybridized carbons (Fsp3) is 0.167. The molecule has 94 valence electrons. The number of hydrogen-bond donors (Lipinski definition) is 0. The lowest BCUT2D eigenvalue weighted by atomic mass is 9.96. The molecule has 2 aromatic carbocycles. The second kappa shape index (κ2) is 4.85. The van der Waals surface area contributed by atoms with E-state index >= 15 is 0 Å². The third-order valence-corrected chi connectivity index (χ3v) is 3.62. The first-order chi connectivity index (χ1) is 9.28. The number of nitrogens with zero attached hydrogens (tertiary/aromatic N) is 1.